The predicted molar refractivity (Wildman–Crippen MR) is 86.9 cm³/mol. The highest BCUT2D eigenvalue weighted by molar-refractivity contribution is 5.78. The average Bonchev–Trinajstić information content (AvgIpc) is 2.45. The number of esters is 1. The van der Waals surface area contributed by atoms with Crippen molar-refractivity contribution >= 4 is 11.9 Å². The number of aliphatic carboxylic acids is 1. The first kappa shape index (κ1) is 16.8. The average molecular weight is 322 g/mol. The van der Waals surface area contributed by atoms with E-state index < -0.39 is 22.4 Å². The zero-order valence-electron chi connectivity index (χ0n) is 14.7. The first-order chi connectivity index (χ1) is 10.8. The first-order valence-electron chi connectivity index (χ1n) is 9.23. The lowest BCUT2D eigenvalue weighted by atomic mass is 9.48. The Morgan fingerprint density at radius 2 is 1.78 bits per heavy atom. The standard InChI is InChI=1S/C19H30O4/c1-4-6-17(3,5-2)16(22)23-19-10-13-7-14(11-19)9-18(8-13,12-19)15(20)21/h13-14H,4-12H2,1-3H3,(H,20,21). The Bertz CT molecular complexity index is 497. The first-order valence-corrected chi connectivity index (χ1v) is 9.23. The van der Waals surface area contributed by atoms with E-state index in [-0.39, 0.29) is 5.97 Å². The molecule has 130 valence electrons. The van der Waals surface area contributed by atoms with Crippen molar-refractivity contribution in [3.05, 3.63) is 0 Å². The molecule has 0 aromatic heterocycles. The van der Waals surface area contributed by atoms with E-state index in [0.29, 0.717) is 18.3 Å². The van der Waals surface area contributed by atoms with E-state index in [4.69, 9.17) is 4.74 Å². The summed E-state index contributed by atoms with van der Waals surface area (Å²) in [6, 6.07) is 0. The van der Waals surface area contributed by atoms with Crippen molar-refractivity contribution in [1.29, 1.82) is 0 Å². The van der Waals surface area contributed by atoms with Gasteiger partial charge in [-0.2, -0.15) is 0 Å². The molecule has 23 heavy (non-hydrogen) atoms. The van der Waals surface area contributed by atoms with Crippen molar-refractivity contribution in [1.82, 2.24) is 0 Å². The molecule has 4 saturated carbocycles. The number of carboxylic acid groups (broad SMARTS) is 1. The maximum Gasteiger partial charge on any atom is 0.312 e. The van der Waals surface area contributed by atoms with Crippen LogP contribution in [-0.2, 0) is 14.3 Å². The molecule has 0 spiro atoms. The minimum atomic E-state index is -0.682. The normalized spacial score (nSPS) is 40.7. The molecule has 4 fully saturated rings. The highest BCUT2D eigenvalue weighted by Gasteiger charge is 2.63. The van der Waals surface area contributed by atoms with Gasteiger partial charge in [0.05, 0.1) is 10.8 Å². The molecule has 0 aromatic carbocycles. The summed E-state index contributed by atoms with van der Waals surface area (Å²) in [5, 5.41) is 9.78. The Balaban J connectivity index is 1.82. The third kappa shape index (κ3) is 2.68. The van der Waals surface area contributed by atoms with Crippen LogP contribution in [0, 0.1) is 22.7 Å². The van der Waals surface area contributed by atoms with Crippen molar-refractivity contribution < 1.29 is 19.4 Å². The van der Waals surface area contributed by atoms with Crippen molar-refractivity contribution in [3.8, 4) is 0 Å². The summed E-state index contributed by atoms with van der Waals surface area (Å²) < 4.78 is 6.13. The fraction of sp³-hybridized carbons (Fsp3) is 0.895. The molecule has 1 N–H and O–H groups in total. The van der Waals surface area contributed by atoms with Crippen LogP contribution in [0.2, 0.25) is 0 Å². The largest absolute Gasteiger partial charge is 0.481 e. The van der Waals surface area contributed by atoms with Crippen molar-refractivity contribution in [2.45, 2.75) is 84.2 Å². The fourth-order valence-corrected chi connectivity index (χ4v) is 5.84. The number of carbonyl (C=O) groups excluding carboxylic acids is 1. The van der Waals surface area contributed by atoms with Gasteiger partial charge < -0.3 is 9.84 Å². The Morgan fingerprint density at radius 1 is 1.17 bits per heavy atom. The smallest absolute Gasteiger partial charge is 0.312 e. The summed E-state index contributed by atoms with van der Waals surface area (Å²) in [4.78, 5) is 24.8. The molecule has 3 unspecified atom stereocenters. The van der Waals surface area contributed by atoms with Gasteiger partial charge in [0.1, 0.15) is 5.60 Å². The van der Waals surface area contributed by atoms with Crippen LogP contribution in [0.4, 0.5) is 0 Å². The second kappa shape index (κ2) is 5.49. The van der Waals surface area contributed by atoms with Gasteiger partial charge in [-0.25, -0.2) is 0 Å². The lowest BCUT2D eigenvalue weighted by Crippen LogP contribution is -2.60. The lowest BCUT2D eigenvalue weighted by molar-refractivity contribution is -0.216. The monoisotopic (exact) mass is 322 g/mol. The van der Waals surface area contributed by atoms with Gasteiger partial charge >= 0.3 is 11.9 Å². The molecule has 0 heterocycles. The maximum atomic E-state index is 12.9. The maximum absolute atomic E-state index is 12.9. The van der Waals surface area contributed by atoms with E-state index in [1.165, 1.54) is 0 Å². The number of hydrogen-bond acceptors (Lipinski definition) is 3. The highest BCUT2D eigenvalue weighted by Crippen LogP contribution is 2.63. The zero-order chi connectivity index (χ0) is 16.9. The van der Waals surface area contributed by atoms with Crippen LogP contribution in [0.3, 0.4) is 0 Å². The topological polar surface area (TPSA) is 63.6 Å². The molecule has 0 saturated heterocycles. The molecular weight excluding hydrogens is 292 g/mol. The van der Waals surface area contributed by atoms with E-state index in [0.717, 1.165) is 51.4 Å². The summed E-state index contributed by atoms with van der Waals surface area (Å²) >= 11 is 0. The van der Waals surface area contributed by atoms with E-state index >= 15 is 0 Å². The highest BCUT2D eigenvalue weighted by atomic mass is 16.6. The van der Waals surface area contributed by atoms with E-state index in [2.05, 4.69) is 6.92 Å². The lowest BCUT2D eigenvalue weighted by Gasteiger charge is -2.59. The molecular formula is C19H30O4. The SMILES string of the molecule is CCCC(C)(CC)C(=O)OC12CC3CC(C1)CC(C(=O)O)(C3)C2. The van der Waals surface area contributed by atoms with Gasteiger partial charge in [0.25, 0.3) is 0 Å². The Kier molecular flexibility index (Phi) is 4.01. The van der Waals surface area contributed by atoms with Gasteiger partial charge in [0, 0.05) is 6.42 Å². The van der Waals surface area contributed by atoms with Crippen LogP contribution in [0.25, 0.3) is 0 Å². The van der Waals surface area contributed by atoms with Gasteiger partial charge in [-0.1, -0.05) is 20.3 Å². The third-order valence-corrected chi connectivity index (χ3v) is 6.85. The summed E-state index contributed by atoms with van der Waals surface area (Å²) in [5.41, 5.74) is -1.59. The third-order valence-electron chi connectivity index (χ3n) is 6.85. The molecule has 4 aliphatic carbocycles. The molecule has 0 radical (unpaired) electrons. The number of carboxylic acids is 1. The van der Waals surface area contributed by atoms with E-state index in [1.807, 2.05) is 13.8 Å². The number of carbonyl (C=O) groups is 2. The molecule has 4 heteroatoms. The molecule has 4 bridgehead atoms. The summed E-state index contributed by atoms with van der Waals surface area (Å²) in [5.74, 6) is 0.0431. The van der Waals surface area contributed by atoms with E-state index in [1.54, 1.807) is 0 Å². The Hall–Kier alpha value is -1.06. The molecule has 0 aliphatic heterocycles. The van der Waals surface area contributed by atoms with Crippen molar-refractivity contribution in [3.63, 3.8) is 0 Å². The van der Waals surface area contributed by atoms with Crippen molar-refractivity contribution in [2.24, 2.45) is 22.7 Å². The minimum Gasteiger partial charge on any atom is -0.481 e. The van der Waals surface area contributed by atoms with Gasteiger partial charge in [0.15, 0.2) is 0 Å². The zero-order valence-corrected chi connectivity index (χ0v) is 14.7. The number of hydrogen-bond donors (Lipinski definition) is 1. The molecule has 4 aliphatic rings. The second-order valence-electron chi connectivity index (χ2n) is 8.78. The molecule has 4 nitrogen and oxygen atoms in total. The van der Waals surface area contributed by atoms with Crippen molar-refractivity contribution in [2.75, 3.05) is 0 Å². The van der Waals surface area contributed by atoms with Crippen LogP contribution < -0.4 is 0 Å². The molecule has 0 amide bonds. The number of ether oxygens (including phenoxy) is 1. The quantitative estimate of drug-likeness (QED) is 0.745. The summed E-state index contributed by atoms with van der Waals surface area (Å²) in [6.07, 6.45) is 7.50. The second-order valence-corrected chi connectivity index (χ2v) is 8.78. The Labute approximate surface area is 139 Å². The summed E-state index contributed by atoms with van der Waals surface area (Å²) in [6.45, 7) is 6.12. The molecule has 0 aromatic rings. The van der Waals surface area contributed by atoms with Crippen LogP contribution in [0.15, 0.2) is 0 Å². The minimum absolute atomic E-state index is 0.107. The van der Waals surface area contributed by atoms with Crippen LogP contribution in [0.5, 0.6) is 0 Å². The molecule has 4 rings (SSSR count). The van der Waals surface area contributed by atoms with E-state index in [9.17, 15) is 14.7 Å². The predicted octanol–water partition coefficient (Wildman–Crippen LogP) is 4.17. The van der Waals surface area contributed by atoms with Gasteiger partial charge in [-0.05, 0) is 63.7 Å². The number of rotatable bonds is 6. The van der Waals surface area contributed by atoms with Gasteiger partial charge in [-0.15, -0.1) is 0 Å². The van der Waals surface area contributed by atoms with Crippen LogP contribution in [0.1, 0.15) is 78.6 Å². The van der Waals surface area contributed by atoms with Crippen LogP contribution in [-0.4, -0.2) is 22.6 Å². The van der Waals surface area contributed by atoms with Crippen LogP contribution >= 0.6 is 0 Å². The fourth-order valence-electron chi connectivity index (χ4n) is 5.84. The Morgan fingerprint density at radius 3 is 2.26 bits per heavy atom. The summed E-state index contributed by atoms with van der Waals surface area (Å²) in [7, 11) is 0. The van der Waals surface area contributed by atoms with Gasteiger partial charge in [0.2, 0.25) is 0 Å². The van der Waals surface area contributed by atoms with Gasteiger partial charge in [-0.3, -0.25) is 9.59 Å². The molecule has 3 atom stereocenters.